The van der Waals surface area contributed by atoms with Crippen LogP contribution < -0.4 is 4.74 Å². The van der Waals surface area contributed by atoms with Crippen LogP contribution in [0.15, 0.2) is 48.5 Å². The minimum Gasteiger partial charge on any atom is -0.494 e. The summed E-state index contributed by atoms with van der Waals surface area (Å²) in [6.07, 6.45) is 2.98. The second-order valence-electron chi connectivity index (χ2n) is 8.23. The molecule has 2 saturated heterocycles. The van der Waals surface area contributed by atoms with Gasteiger partial charge in [-0.05, 0) is 49.4 Å². The van der Waals surface area contributed by atoms with E-state index in [4.69, 9.17) is 9.47 Å². The molecule has 2 aliphatic rings. The number of rotatable bonds is 5. The zero-order valence-corrected chi connectivity index (χ0v) is 17.2. The van der Waals surface area contributed by atoms with Crippen molar-refractivity contribution in [1.29, 1.82) is 0 Å². The van der Waals surface area contributed by atoms with Gasteiger partial charge in [-0.2, -0.15) is 0 Å². The van der Waals surface area contributed by atoms with Crippen LogP contribution in [0.5, 0.6) is 5.75 Å². The van der Waals surface area contributed by atoms with Gasteiger partial charge in [-0.1, -0.05) is 30.3 Å². The van der Waals surface area contributed by atoms with Crippen molar-refractivity contribution >= 4 is 6.09 Å². The third-order valence-corrected chi connectivity index (χ3v) is 6.14. The minimum atomic E-state index is -1.19. The quantitative estimate of drug-likeness (QED) is 0.767. The predicted octanol–water partition coefficient (Wildman–Crippen LogP) is 4.77. The molecule has 2 atom stereocenters. The first-order valence-corrected chi connectivity index (χ1v) is 10.6. The first-order chi connectivity index (χ1) is 14.5. The van der Waals surface area contributed by atoms with E-state index < -0.39 is 11.4 Å². The van der Waals surface area contributed by atoms with Crippen molar-refractivity contribution < 1.29 is 23.8 Å². The van der Waals surface area contributed by atoms with Crippen molar-refractivity contribution in [2.75, 3.05) is 6.61 Å². The van der Waals surface area contributed by atoms with E-state index in [-0.39, 0.29) is 24.8 Å². The maximum Gasteiger partial charge on any atom is 0.410 e. The highest BCUT2D eigenvalue weighted by atomic mass is 19.1. The van der Waals surface area contributed by atoms with E-state index in [9.17, 15) is 14.3 Å². The fourth-order valence-corrected chi connectivity index (χ4v) is 4.84. The monoisotopic (exact) mass is 413 g/mol. The van der Waals surface area contributed by atoms with Gasteiger partial charge in [0.05, 0.1) is 12.2 Å². The molecule has 2 unspecified atom stereocenters. The van der Waals surface area contributed by atoms with E-state index in [1.165, 1.54) is 12.1 Å². The van der Waals surface area contributed by atoms with E-state index in [0.717, 1.165) is 24.8 Å². The Kier molecular flexibility index (Phi) is 5.95. The maximum absolute atomic E-state index is 14.2. The van der Waals surface area contributed by atoms with Crippen molar-refractivity contribution in [1.82, 2.24) is 4.90 Å². The molecule has 2 bridgehead atoms. The molecule has 2 aromatic carbocycles. The van der Waals surface area contributed by atoms with Gasteiger partial charge in [-0.15, -0.1) is 0 Å². The Hall–Kier alpha value is -2.60. The van der Waals surface area contributed by atoms with Gasteiger partial charge in [0.2, 0.25) is 0 Å². The van der Waals surface area contributed by atoms with Gasteiger partial charge in [0.1, 0.15) is 18.2 Å². The lowest BCUT2D eigenvalue weighted by Crippen LogP contribution is -2.58. The molecule has 0 radical (unpaired) electrons. The summed E-state index contributed by atoms with van der Waals surface area (Å²) in [6, 6.07) is 13.7. The summed E-state index contributed by atoms with van der Waals surface area (Å²) in [5.41, 5.74) is 0.257. The number of hydrogen-bond donors (Lipinski definition) is 1. The maximum atomic E-state index is 14.2. The summed E-state index contributed by atoms with van der Waals surface area (Å²) in [7, 11) is 0. The summed E-state index contributed by atoms with van der Waals surface area (Å²) in [4.78, 5) is 14.7. The molecule has 2 heterocycles. The molecule has 1 amide bonds. The lowest BCUT2D eigenvalue weighted by Gasteiger charge is -2.51. The van der Waals surface area contributed by atoms with Crippen LogP contribution in [-0.4, -0.2) is 34.8 Å². The highest BCUT2D eigenvalue weighted by Crippen LogP contribution is 2.45. The second kappa shape index (κ2) is 8.64. The molecule has 2 aromatic rings. The summed E-state index contributed by atoms with van der Waals surface area (Å²) in [5, 5.41) is 11.5. The molecule has 160 valence electrons. The Morgan fingerprint density at radius 1 is 1.17 bits per heavy atom. The average molecular weight is 413 g/mol. The van der Waals surface area contributed by atoms with Gasteiger partial charge in [0, 0.05) is 31.0 Å². The van der Waals surface area contributed by atoms with Gasteiger partial charge >= 0.3 is 6.09 Å². The fraction of sp³-hybridized carbons (Fsp3) is 0.458. The molecule has 5 nitrogen and oxygen atoms in total. The van der Waals surface area contributed by atoms with Crippen LogP contribution in [0, 0.1) is 5.82 Å². The first kappa shape index (κ1) is 20.7. The molecule has 0 aromatic heterocycles. The molecule has 0 aliphatic carbocycles. The zero-order valence-electron chi connectivity index (χ0n) is 17.2. The van der Waals surface area contributed by atoms with Crippen molar-refractivity contribution in [3.8, 4) is 5.75 Å². The summed E-state index contributed by atoms with van der Waals surface area (Å²) < 4.78 is 25.2. The van der Waals surface area contributed by atoms with Crippen molar-refractivity contribution in [3.05, 3.63) is 65.5 Å². The number of carbonyl (C=O) groups excluding carboxylic acids is 1. The van der Waals surface area contributed by atoms with Crippen molar-refractivity contribution in [3.63, 3.8) is 0 Å². The van der Waals surface area contributed by atoms with E-state index in [1.54, 1.807) is 11.0 Å². The predicted molar refractivity (Wildman–Crippen MR) is 111 cm³/mol. The molecule has 0 spiro atoms. The van der Waals surface area contributed by atoms with Crippen LogP contribution in [0.4, 0.5) is 9.18 Å². The van der Waals surface area contributed by atoms with Gasteiger partial charge in [-0.3, -0.25) is 0 Å². The van der Waals surface area contributed by atoms with E-state index in [2.05, 4.69) is 0 Å². The van der Waals surface area contributed by atoms with Gasteiger partial charge in [0.25, 0.3) is 0 Å². The third kappa shape index (κ3) is 4.29. The fourth-order valence-electron chi connectivity index (χ4n) is 4.84. The van der Waals surface area contributed by atoms with Crippen LogP contribution in [0.2, 0.25) is 0 Å². The number of carbonyl (C=O) groups is 1. The number of benzene rings is 2. The van der Waals surface area contributed by atoms with E-state index in [1.807, 2.05) is 37.3 Å². The van der Waals surface area contributed by atoms with Crippen LogP contribution in [-0.2, 0) is 16.9 Å². The van der Waals surface area contributed by atoms with Crippen LogP contribution in [0.1, 0.15) is 50.2 Å². The Labute approximate surface area is 176 Å². The van der Waals surface area contributed by atoms with Gasteiger partial charge in [0.15, 0.2) is 0 Å². The van der Waals surface area contributed by atoms with Crippen LogP contribution in [0.3, 0.4) is 0 Å². The highest BCUT2D eigenvalue weighted by Gasteiger charge is 2.48. The number of piperidine rings is 2. The highest BCUT2D eigenvalue weighted by molar-refractivity contribution is 5.69. The number of hydrogen-bond acceptors (Lipinski definition) is 4. The molecule has 2 aliphatic heterocycles. The number of nitrogens with zero attached hydrogens (tertiary/aromatic N) is 1. The molecular weight excluding hydrogens is 385 g/mol. The Bertz CT molecular complexity index is 874. The first-order valence-electron chi connectivity index (χ1n) is 10.6. The third-order valence-electron chi connectivity index (χ3n) is 6.14. The van der Waals surface area contributed by atoms with Crippen LogP contribution >= 0.6 is 0 Å². The Balaban J connectivity index is 1.51. The molecule has 6 heteroatoms. The lowest BCUT2D eigenvalue weighted by molar-refractivity contribution is -0.0898. The van der Waals surface area contributed by atoms with Gasteiger partial charge < -0.3 is 19.5 Å². The van der Waals surface area contributed by atoms with Gasteiger partial charge in [-0.25, -0.2) is 9.18 Å². The largest absolute Gasteiger partial charge is 0.494 e. The number of ether oxygens (including phenoxy) is 2. The Morgan fingerprint density at radius 3 is 2.53 bits per heavy atom. The van der Waals surface area contributed by atoms with Crippen molar-refractivity contribution in [2.24, 2.45) is 0 Å². The number of fused-ring (bicyclic) bond motifs is 2. The summed E-state index contributed by atoms with van der Waals surface area (Å²) >= 11 is 0. The molecule has 30 heavy (non-hydrogen) atoms. The number of aliphatic hydroxyl groups is 1. The molecule has 4 rings (SSSR count). The summed E-state index contributed by atoms with van der Waals surface area (Å²) in [5.74, 6) is -0.0185. The standard InChI is InChI=1S/C24H28FNO4/c1-2-29-22-12-18(11-19(25)13-22)24(28)14-20-9-6-10-21(15-24)26(20)23(27)30-16-17-7-4-3-5-8-17/h3-5,7-8,11-13,20-21,28H,2,6,9-10,14-16H2,1H3. The zero-order chi connectivity index (χ0) is 21.1. The molecule has 0 saturated carbocycles. The smallest absolute Gasteiger partial charge is 0.410 e. The Morgan fingerprint density at radius 2 is 1.87 bits per heavy atom. The second-order valence-corrected chi connectivity index (χ2v) is 8.23. The van der Waals surface area contributed by atoms with Crippen LogP contribution in [0.25, 0.3) is 0 Å². The van der Waals surface area contributed by atoms with E-state index in [0.29, 0.717) is 30.8 Å². The SMILES string of the molecule is CCOc1cc(F)cc(C2(O)CC3CCCC(C2)N3C(=O)OCc2ccccc2)c1. The van der Waals surface area contributed by atoms with E-state index >= 15 is 0 Å². The molecule has 1 N–H and O–H groups in total. The molecular formula is C24H28FNO4. The number of halogens is 1. The minimum absolute atomic E-state index is 0.135. The normalized spacial score (nSPS) is 25.6. The van der Waals surface area contributed by atoms with Crippen molar-refractivity contribution in [2.45, 2.75) is 63.3 Å². The number of amides is 1. The lowest BCUT2D eigenvalue weighted by atomic mass is 9.72. The summed E-state index contributed by atoms with van der Waals surface area (Å²) in [6.45, 7) is 2.48. The topological polar surface area (TPSA) is 59.0 Å². The molecule has 2 fully saturated rings. The average Bonchev–Trinajstić information content (AvgIpc) is 2.72.